The van der Waals surface area contributed by atoms with Crippen molar-refractivity contribution in [3.05, 3.63) is 28.7 Å². The first-order valence-electron chi connectivity index (χ1n) is 4.84. The summed E-state index contributed by atoms with van der Waals surface area (Å²) in [5.74, 6) is 0.648. The predicted molar refractivity (Wildman–Crippen MR) is 67.3 cm³/mol. The van der Waals surface area contributed by atoms with Gasteiger partial charge >= 0.3 is 0 Å². The van der Waals surface area contributed by atoms with Gasteiger partial charge in [-0.15, -0.1) is 11.6 Å². The summed E-state index contributed by atoms with van der Waals surface area (Å²) in [6.45, 7) is 0. The minimum Gasteiger partial charge on any atom is -0.325 e. The maximum absolute atomic E-state index is 11.5. The van der Waals surface area contributed by atoms with Gasteiger partial charge in [-0.3, -0.25) is 4.79 Å². The number of carbonyl (C=O) groups is 1. The number of hydrogen-bond acceptors (Lipinski definition) is 1. The summed E-state index contributed by atoms with van der Waals surface area (Å²) < 4.78 is 0.899. The van der Waals surface area contributed by atoms with Crippen molar-refractivity contribution >= 4 is 39.1 Å². The van der Waals surface area contributed by atoms with Gasteiger partial charge in [0.1, 0.15) is 0 Å². The van der Waals surface area contributed by atoms with Crippen LogP contribution in [0.5, 0.6) is 0 Å². The molecule has 0 bridgehead atoms. The summed E-state index contributed by atoms with van der Waals surface area (Å²) in [6.07, 6.45) is 2.23. The number of nitrogens with one attached hydrogen (secondary N) is 1. The molecule has 0 aliphatic rings. The van der Waals surface area contributed by atoms with E-state index in [1.165, 1.54) is 0 Å². The Balaban J connectivity index is 2.41. The molecule has 1 aromatic rings. The fourth-order valence-electron chi connectivity index (χ4n) is 1.16. The first kappa shape index (κ1) is 12.5. The molecule has 15 heavy (non-hydrogen) atoms. The van der Waals surface area contributed by atoms with Crippen LogP contribution >= 0.6 is 27.5 Å². The van der Waals surface area contributed by atoms with Crippen LogP contribution < -0.4 is 5.32 Å². The lowest BCUT2D eigenvalue weighted by Gasteiger charge is -2.06. The maximum Gasteiger partial charge on any atom is 0.224 e. The van der Waals surface area contributed by atoms with Crippen LogP contribution in [0.3, 0.4) is 0 Å². The number of hydrogen-bond donors (Lipinski definition) is 1. The average molecular weight is 291 g/mol. The zero-order valence-electron chi connectivity index (χ0n) is 8.30. The molecule has 4 heteroatoms. The van der Waals surface area contributed by atoms with Gasteiger partial charge in [-0.05, 0) is 40.9 Å². The number of alkyl halides is 1. The molecule has 1 aromatic carbocycles. The Hall–Kier alpha value is -0.540. The summed E-state index contributed by atoms with van der Waals surface area (Å²) >= 11 is 8.90. The normalized spacial score (nSPS) is 10.0. The number of unbranched alkanes of at least 4 members (excludes halogenated alkanes) is 1. The quantitative estimate of drug-likeness (QED) is 0.648. The number of amides is 1. The molecule has 0 saturated heterocycles. The second-order valence-electron chi connectivity index (χ2n) is 3.17. The van der Waals surface area contributed by atoms with E-state index >= 15 is 0 Å². The molecule has 1 N–H and O–H groups in total. The van der Waals surface area contributed by atoms with E-state index in [1.807, 2.05) is 24.3 Å². The molecular formula is C11H13BrClNO. The summed E-state index contributed by atoms with van der Waals surface area (Å²) in [5, 5.41) is 2.84. The van der Waals surface area contributed by atoms with Gasteiger partial charge in [0.05, 0.1) is 5.69 Å². The monoisotopic (exact) mass is 289 g/mol. The molecule has 2 nitrogen and oxygen atoms in total. The standard InChI is InChI=1S/C11H13BrClNO/c12-9-5-1-2-6-10(9)14-11(15)7-3-4-8-13/h1-2,5-6H,3-4,7-8H2,(H,14,15). The Kier molecular flexibility index (Phi) is 5.73. The van der Waals surface area contributed by atoms with E-state index in [0.29, 0.717) is 12.3 Å². The van der Waals surface area contributed by atoms with Crippen molar-refractivity contribution in [1.82, 2.24) is 0 Å². The Morgan fingerprint density at radius 3 is 2.73 bits per heavy atom. The molecule has 0 atom stereocenters. The van der Waals surface area contributed by atoms with E-state index in [2.05, 4.69) is 21.2 Å². The highest BCUT2D eigenvalue weighted by Gasteiger charge is 2.03. The van der Waals surface area contributed by atoms with Crippen LogP contribution in [0.1, 0.15) is 19.3 Å². The number of benzene rings is 1. The Labute approximate surface area is 103 Å². The van der Waals surface area contributed by atoms with Crippen LogP contribution in [0, 0.1) is 0 Å². The zero-order valence-corrected chi connectivity index (χ0v) is 10.6. The van der Waals surface area contributed by atoms with Gasteiger partial charge in [-0.2, -0.15) is 0 Å². The van der Waals surface area contributed by atoms with Crippen LogP contribution in [0.15, 0.2) is 28.7 Å². The minimum absolute atomic E-state index is 0.0343. The van der Waals surface area contributed by atoms with Gasteiger partial charge in [0.25, 0.3) is 0 Å². The number of para-hydroxylation sites is 1. The molecule has 0 heterocycles. The third kappa shape index (κ3) is 4.67. The summed E-state index contributed by atoms with van der Waals surface area (Å²) in [5.41, 5.74) is 0.813. The molecule has 0 spiro atoms. The lowest BCUT2D eigenvalue weighted by atomic mass is 10.2. The van der Waals surface area contributed by atoms with E-state index in [-0.39, 0.29) is 5.91 Å². The fourth-order valence-corrected chi connectivity index (χ4v) is 1.73. The third-order valence-electron chi connectivity index (χ3n) is 1.94. The van der Waals surface area contributed by atoms with Gasteiger partial charge < -0.3 is 5.32 Å². The van der Waals surface area contributed by atoms with E-state index in [0.717, 1.165) is 23.0 Å². The first-order chi connectivity index (χ1) is 7.24. The van der Waals surface area contributed by atoms with Crippen LogP contribution in [0.25, 0.3) is 0 Å². The first-order valence-corrected chi connectivity index (χ1v) is 6.17. The van der Waals surface area contributed by atoms with Crippen molar-refractivity contribution in [2.45, 2.75) is 19.3 Å². The van der Waals surface area contributed by atoms with Gasteiger partial charge in [0.15, 0.2) is 0 Å². The largest absolute Gasteiger partial charge is 0.325 e. The minimum atomic E-state index is 0.0343. The second-order valence-corrected chi connectivity index (χ2v) is 4.41. The lowest BCUT2D eigenvalue weighted by Crippen LogP contribution is -2.11. The van der Waals surface area contributed by atoms with Gasteiger partial charge in [-0.25, -0.2) is 0 Å². The second kappa shape index (κ2) is 6.85. The number of halogens is 2. The molecule has 0 aromatic heterocycles. The van der Waals surface area contributed by atoms with Crippen molar-refractivity contribution in [3.63, 3.8) is 0 Å². The summed E-state index contributed by atoms with van der Waals surface area (Å²) in [4.78, 5) is 11.5. The topological polar surface area (TPSA) is 29.1 Å². The summed E-state index contributed by atoms with van der Waals surface area (Å²) in [6, 6.07) is 7.56. The SMILES string of the molecule is O=C(CCCCCl)Nc1ccccc1Br. The molecular weight excluding hydrogens is 277 g/mol. The van der Waals surface area contributed by atoms with E-state index in [4.69, 9.17) is 11.6 Å². The van der Waals surface area contributed by atoms with Crippen LogP contribution in [-0.2, 0) is 4.79 Å². The molecule has 0 aliphatic heterocycles. The fraction of sp³-hybridized carbons (Fsp3) is 0.364. The van der Waals surface area contributed by atoms with Gasteiger partial charge in [-0.1, -0.05) is 12.1 Å². The molecule has 0 unspecified atom stereocenters. The molecule has 1 rings (SSSR count). The maximum atomic E-state index is 11.5. The van der Waals surface area contributed by atoms with Crippen LogP contribution in [-0.4, -0.2) is 11.8 Å². The van der Waals surface area contributed by atoms with E-state index in [9.17, 15) is 4.79 Å². The van der Waals surface area contributed by atoms with Crippen molar-refractivity contribution < 1.29 is 4.79 Å². The number of rotatable bonds is 5. The van der Waals surface area contributed by atoms with Gasteiger partial charge in [0.2, 0.25) is 5.91 Å². The smallest absolute Gasteiger partial charge is 0.224 e. The zero-order chi connectivity index (χ0) is 11.1. The van der Waals surface area contributed by atoms with Crippen molar-refractivity contribution in [3.8, 4) is 0 Å². The Morgan fingerprint density at radius 2 is 2.07 bits per heavy atom. The molecule has 82 valence electrons. The average Bonchev–Trinajstić information content (AvgIpc) is 2.22. The highest BCUT2D eigenvalue weighted by atomic mass is 79.9. The van der Waals surface area contributed by atoms with E-state index in [1.54, 1.807) is 0 Å². The molecule has 1 amide bonds. The highest BCUT2D eigenvalue weighted by molar-refractivity contribution is 9.10. The number of carbonyl (C=O) groups excluding carboxylic acids is 1. The Bertz CT molecular complexity index is 330. The predicted octanol–water partition coefficient (Wildman–Crippen LogP) is 3.80. The van der Waals surface area contributed by atoms with Crippen LogP contribution in [0.2, 0.25) is 0 Å². The third-order valence-corrected chi connectivity index (χ3v) is 2.89. The van der Waals surface area contributed by atoms with Crippen molar-refractivity contribution in [1.29, 1.82) is 0 Å². The van der Waals surface area contributed by atoms with Crippen LogP contribution in [0.4, 0.5) is 5.69 Å². The van der Waals surface area contributed by atoms with Crippen molar-refractivity contribution in [2.24, 2.45) is 0 Å². The molecule has 0 saturated carbocycles. The molecule has 0 fully saturated rings. The molecule has 0 aliphatic carbocycles. The van der Waals surface area contributed by atoms with Gasteiger partial charge in [0, 0.05) is 16.8 Å². The number of anilines is 1. The summed E-state index contributed by atoms with van der Waals surface area (Å²) in [7, 11) is 0. The lowest BCUT2D eigenvalue weighted by molar-refractivity contribution is -0.116. The molecule has 0 radical (unpaired) electrons. The highest BCUT2D eigenvalue weighted by Crippen LogP contribution is 2.21. The van der Waals surface area contributed by atoms with Crippen molar-refractivity contribution in [2.75, 3.05) is 11.2 Å². The Morgan fingerprint density at radius 1 is 1.33 bits per heavy atom. The van der Waals surface area contributed by atoms with E-state index < -0.39 is 0 Å².